The minimum Gasteiger partial charge on any atom is -0.352 e. The lowest BCUT2D eigenvalue weighted by Gasteiger charge is -2.11. The maximum Gasteiger partial charge on any atom is 0.242 e. The van der Waals surface area contributed by atoms with Gasteiger partial charge < -0.3 is 9.88 Å². The van der Waals surface area contributed by atoms with Crippen molar-refractivity contribution in [1.82, 2.24) is 29.9 Å². The van der Waals surface area contributed by atoms with E-state index >= 15 is 0 Å². The smallest absolute Gasteiger partial charge is 0.242 e. The molecule has 0 spiro atoms. The van der Waals surface area contributed by atoms with Gasteiger partial charge in [-0.25, -0.2) is 4.98 Å². The Bertz CT molecular complexity index is 674. The Kier molecular flexibility index (Phi) is 5.59. The molecule has 0 amide bonds. The van der Waals surface area contributed by atoms with Crippen LogP contribution in [0.5, 0.6) is 0 Å². The quantitative estimate of drug-likeness (QED) is 0.762. The van der Waals surface area contributed by atoms with E-state index in [1.807, 2.05) is 4.57 Å². The topological polar surface area (TPSA) is 84.3 Å². The summed E-state index contributed by atoms with van der Waals surface area (Å²) in [5.41, 5.74) is 1.97. The largest absolute Gasteiger partial charge is 0.352 e. The fraction of sp³-hybridized carbons (Fsp3) is 0.643. The van der Waals surface area contributed by atoms with Crippen LogP contribution in [0.4, 0.5) is 5.95 Å². The van der Waals surface area contributed by atoms with E-state index < -0.39 is 0 Å². The van der Waals surface area contributed by atoms with Gasteiger partial charge in [-0.1, -0.05) is 13.8 Å². The van der Waals surface area contributed by atoms with E-state index in [-0.39, 0.29) is 6.04 Å². The minimum absolute atomic E-state index is 0.287. The van der Waals surface area contributed by atoms with E-state index in [9.17, 15) is 0 Å². The summed E-state index contributed by atoms with van der Waals surface area (Å²) >= 11 is 5.24. The summed E-state index contributed by atoms with van der Waals surface area (Å²) < 4.78 is 2.68. The first-order valence-corrected chi connectivity index (χ1v) is 8.09. The van der Waals surface area contributed by atoms with Crippen LogP contribution in [-0.4, -0.2) is 36.5 Å². The molecule has 0 fully saturated rings. The van der Waals surface area contributed by atoms with Crippen LogP contribution >= 0.6 is 12.2 Å². The van der Waals surface area contributed by atoms with Crippen molar-refractivity contribution in [3.8, 4) is 0 Å². The van der Waals surface area contributed by atoms with Gasteiger partial charge in [0.15, 0.2) is 4.77 Å². The summed E-state index contributed by atoms with van der Waals surface area (Å²) in [4.78, 5) is 4.52. The van der Waals surface area contributed by atoms with Crippen LogP contribution in [-0.2, 0) is 19.3 Å². The Morgan fingerprint density at radius 3 is 2.55 bits per heavy atom. The number of hydrogen-bond acceptors (Lipinski definition) is 6. The Balaban J connectivity index is 2.01. The highest BCUT2D eigenvalue weighted by Crippen LogP contribution is 2.10. The zero-order valence-corrected chi connectivity index (χ0v) is 14.4. The molecular formula is C14H23N7S. The van der Waals surface area contributed by atoms with E-state index in [1.54, 1.807) is 0 Å². The first-order chi connectivity index (χ1) is 10.6. The van der Waals surface area contributed by atoms with Crippen molar-refractivity contribution in [1.29, 1.82) is 0 Å². The summed E-state index contributed by atoms with van der Waals surface area (Å²) in [5, 5.41) is 18.7. The molecule has 22 heavy (non-hydrogen) atoms. The number of rotatable bonds is 7. The number of anilines is 1. The number of hydrogen-bond donors (Lipinski definition) is 2. The first kappa shape index (κ1) is 16.5. The minimum atomic E-state index is 0.287. The van der Waals surface area contributed by atoms with Gasteiger partial charge in [0.25, 0.3) is 0 Å². The maximum atomic E-state index is 5.24. The molecule has 2 aromatic rings. The number of nitrogens with zero attached hydrogens (tertiary/aromatic N) is 5. The number of aromatic nitrogens is 6. The third-order valence-electron chi connectivity index (χ3n) is 3.43. The summed E-state index contributed by atoms with van der Waals surface area (Å²) in [7, 11) is 0. The molecule has 8 heteroatoms. The lowest BCUT2D eigenvalue weighted by molar-refractivity contribution is 0.562. The van der Waals surface area contributed by atoms with Crippen LogP contribution in [0.15, 0.2) is 0 Å². The van der Waals surface area contributed by atoms with Gasteiger partial charge in [-0.3, -0.25) is 5.10 Å². The van der Waals surface area contributed by atoms with Crippen molar-refractivity contribution in [2.24, 2.45) is 0 Å². The van der Waals surface area contributed by atoms with Crippen LogP contribution in [0, 0.1) is 4.77 Å². The van der Waals surface area contributed by atoms with E-state index in [0.717, 1.165) is 36.5 Å². The fourth-order valence-electron chi connectivity index (χ4n) is 2.35. The summed E-state index contributed by atoms with van der Waals surface area (Å²) in [6.45, 7) is 9.00. The van der Waals surface area contributed by atoms with Crippen molar-refractivity contribution < 1.29 is 0 Å². The standard InChI is InChI=1S/C14H23N7S/c1-5-10-11(6-2)17-19-13(16-10)15-8-7-12-18-20-14(22)21(12)9(3)4/h9H,5-8H2,1-4H3,(H,20,22)(H,15,16,19). The first-order valence-electron chi connectivity index (χ1n) is 7.68. The van der Waals surface area contributed by atoms with Crippen molar-refractivity contribution in [3.05, 3.63) is 22.0 Å². The van der Waals surface area contributed by atoms with Gasteiger partial charge in [0, 0.05) is 19.0 Å². The van der Waals surface area contributed by atoms with E-state index in [1.165, 1.54) is 0 Å². The Labute approximate surface area is 135 Å². The Morgan fingerprint density at radius 1 is 1.18 bits per heavy atom. The molecule has 0 radical (unpaired) electrons. The predicted octanol–water partition coefficient (Wildman–Crippen LogP) is 2.49. The van der Waals surface area contributed by atoms with Crippen molar-refractivity contribution >= 4 is 18.2 Å². The average molecular weight is 321 g/mol. The van der Waals surface area contributed by atoms with Crippen LogP contribution < -0.4 is 5.32 Å². The SMILES string of the molecule is CCc1nnc(NCCc2n[nH]c(=S)n2C(C)C)nc1CC. The molecule has 2 aromatic heterocycles. The van der Waals surface area contributed by atoms with E-state index in [2.05, 4.69) is 58.4 Å². The molecular weight excluding hydrogens is 298 g/mol. The molecule has 7 nitrogen and oxygen atoms in total. The average Bonchev–Trinajstić information content (AvgIpc) is 2.88. The summed E-state index contributed by atoms with van der Waals surface area (Å²) in [6, 6.07) is 0.287. The molecule has 2 N–H and O–H groups in total. The van der Waals surface area contributed by atoms with E-state index in [0.29, 0.717) is 17.3 Å². The molecule has 0 saturated heterocycles. The highest BCUT2D eigenvalue weighted by molar-refractivity contribution is 7.71. The Morgan fingerprint density at radius 2 is 1.91 bits per heavy atom. The van der Waals surface area contributed by atoms with Crippen LogP contribution in [0.25, 0.3) is 0 Å². The molecule has 0 aliphatic heterocycles. The van der Waals surface area contributed by atoms with Gasteiger partial charge in [-0.15, -0.1) is 5.10 Å². The van der Waals surface area contributed by atoms with Crippen molar-refractivity contribution in [3.63, 3.8) is 0 Å². The lowest BCUT2D eigenvalue weighted by Crippen LogP contribution is -2.15. The summed E-state index contributed by atoms with van der Waals surface area (Å²) in [6.07, 6.45) is 2.46. The highest BCUT2D eigenvalue weighted by atomic mass is 32.1. The van der Waals surface area contributed by atoms with E-state index in [4.69, 9.17) is 12.2 Å². The van der Waals surface area contributed by atoms with Crippen molar-refractivity contribution in [2.75, 3.05) is 11.9 Å². The van der Waals surface area contributed by atoms with Gasteiger partial charge in [0.2, 0.25) is 5.95 Å². The predicted molar refractivity (Wildman–Crippen MR) is 88.6 cm³/mol. The zero-order chi connectivity index (χ0) is 16.1. The molecule has 120 valence electrons. The summed E-state index contributed by atoms with van der Waals surface area (Å²) in [5.74, 6) is 1.50. The van der Waals surface area contributed by atoms with Gasteiger partial charge in [0.05, 0.1) is 11.4 Å². The van der Waals surface area contributed by atoms with Crippen LogP contribution in [0.1, 0.15) is 50.9 Å². The molecule has 0 unspecified atom stereocenters. The van der Waals surface area contributed by atoms with Gasteiger partial charge >= 0.3 is 0 Å². The third-order valence-corrected chi connectivity index (χ3v) is 3.72. The molecule has 0 saturated carbocycles. The second-order valence-electron chi connectivity index (χ2n) is 5.32. The van der Waals surface area contributed by atoms with Gasteiger partial charge in [-0.2, -0.15) is 10.2 Å². The number of H-pyrrole nitrogens is 1. The third kappa shape index (κ3) is 3.68. The Hall–Kier alpha value is -1.83. The normalized spacial score (nSPS) is 11.1. The number of aryl methyl sites for hydroxylation is 2. The van der Waals surface area contributed by atoms with Crippen LogP contribution in [0.2, 0.25) is 0 Å². The van der Waals surface area contributed by atoms with Crippen LogP contribution in [0.3, 0.4) is 0 Å². The van der Waals surface area contributed by atoms with Gasteiger partial charge in [0.1, 0.15) is 5.82 Å². The molecule has 2 rings (SSSR count). The number of aromatic amines is 1. The molecule has 0 atom stereocenters. The zero-order valence-electron chi connectivity index (χ0n) is 13.6. The lowest BCUT2D eigenvalue weighted by atomic mass is 10.2. The monoisotopic (exact) mass is 321 g/mol. The highest BCUT2D eigenvalue weighted by Gasteiger charge is 2.10. The van der Waals surface area contributed by atoms with Gasteiger partial charge in [-0.05, 0) is 38.9 Å². The second-order valence-corrected chi connectivity index (χ2v) is 5.71. The number of nitrogens with one attached hydrogen (secondary N) is 2. The maximum absolute atomic E-state index is 5.24. The van der Waals surface area contributed by atoms with Crippen molar-refractivity contribution in [2.45, 2.75) is 53.0 Å². The molecule has 0 aromatic carbocycles. The molecule has 0 bridgehead atoms. The molecule has 0 aliphatic rings. The molecule has 0 aliphatic carbocycles. The molecule has 2 heterocycles. The fourth-order valence-corrected chi connectivity index (χ4v) is 2.71. The second kappa shape index (κ2) is 7.44.